The first-order chi connectivity index (χ1) is 47.7. The first kappa shape index (κ1) is 54.5. The molecule has 8 aromatic heterocycles. The Bertz CT molecular complexity index is 5910. The number of pyridine rings is 2. The molecule has 96 heavy (non-hydrogen) atoms. The van der Waals surface area contributed by atoms with Crippen LogP contribution >= 0.6 is 0 Å². The van der Waals surface area contributed by atoms with Crippen molar-refractivity contribution in [3.63, 3.8) is 0 Å². The van der Waals surface area contributed by atoms with Gasteiger partial charge in [0.25, 0.3) is 0 Å². The van der Waals surface area contributed by atoms with E-state index in [1.54, 1.807) is 0 Å². The zero-order chi connectivity index (χ0) is 63.2. The largest absolute Gasteiger partial charge is 0.307 e. The number of para-hydroxylation sites is 6. The van der Waals surface area contributed by atoms with Crippen molar-refractivity contribution in [2.24, 2.45) is 0 Å². The average Bonchev–Trinajstić information content (AvgIpc) is 1.53. The lowest BCUT2D eigenvalue weighted by molar-refractivity contribution is 0.998. The van der Waals surface area contributed by atoms with Crippen LogP contribution in [0.4, 0.5) is 0 Å². The van der Waals surface area contributed by atoms with Crippen LogP contribution in [0.5, 0.6) is 0 Å². The lowest BCUT2D eigenvalue weighted by Gasteiger charge is -2.14. The van der Waals surface area contributed by atoms with Crippen LogP contribution in [0.1, 0.15) is 0 Å². The van der Waals surface area contributed by atoms with Gasteiger partial charge in [-0.25, -0.2) is 19.9 Å². The fourth-order valence-corrected chi connectivity index (χ4v) is 14.7. The fourth-order valence-electron chi connectivity index (χ4n) is 14.7. The molecule has 0 atom stereocenters. The number of hydrogen-bond acceptors (Lipinski definition) is 6. The maximum atomic E-state index is 5.33. The Kier molecular flexibility index (Phi) is 12.7. The summed E-state index contributed by atoms with van der Waals surface area (Å²) in [6.07, 6.45) is 3.81. The van der Waals surface area contributed by atoms with Crippen LogP contribution in [-0.2, 0) is 0 Å². The summed E-state index contributed by atoms with van der Waals surface area (Å²) in [5.41, 5.74) is 19.5. The highest BCUT2D eigenvalue weighted by atomic mass is 15.2. The minimum atomic E-state index is 0.627. The van der Waals surface area contributed by atoms with Gasteiger partial charge in [-0.2, -0.15) is 0 Å². The van der Waals surface area contributed by atoms with E-state index in [4.69, 9.17) is 29.9 Å². The zero-order valence-electron chi connectivity index (χ0n) is 51.6. The summed E-state index contributed by atoms with van der Waals surface area (Å²) in [5.74, 6) is 2.13. The Hall–Kier alpha value is -13.2. The molecule has 0 aliphatic rings. The second-order valence-corrected chi connectivity index (χ2v) is 24.1. The number of rotatable bonds is 8. The highest BCUT2D eigenvalue weighted by Crippen LogP contribution is 2.49. The molecule has 12 aromatic carbocycles. The van der Waals surface area contributed by atoms with Crippen LogP contribution in [0.3, 0.4) is 0 Å². The Morgan fingerprint density at radius 3 is 1.00 bits per heavy atom. The number of aromatic nitrogens is 10. The summed E-state index contributed by atoms with van der Waals surface area (Å²) in [5, 5.41) is 11.4. The monoisotopic (exact) mass is 1230 g/mol. The van der Waals surface area contributed by atoms with Crippen molar-refractivity contribution in [2.45, 2.75) is 0 Å². The lowest BCUT2D eigenvalue weighted by atomic mass is 10.0. The Labute approximate surface area is 550 Å². The van der Waals surface area contributed by atoms with Gasteiger partial charge in [0.1, 0.15) is 5.82 Å². The van der Waals surface area contributed by atoms with Crippen molar-refractivity contribution < 1.29 is 0 Å². The number of benzene rings is 12. The first-order valence-corrected chi connectivity index (χ1v) is 32.3. The SMILES string of the molecule is c1ccc(-c2cc(-c3ccccc3)nc(-n3c4ccccc4c4c5cccnc5c5c(c6ccccc6n5-c5ccccc5)c43)n2)cc1.c1ccc(-c2cc(-n3c4ccccc4c4c5cccnc5c5c(c6ccccc6n5-c5ccccc5)c43)nc(-c3ccccc3)n2)cc1. The van der Waals surface area contributed by atoms with E-state index in [9.17, 15) is 0 Å². The maximum absolute atomic E-state index is 5.33. The molecule has 0 fully saturated rings. The van der Waals surface area contributed by atoms with Gasteiger partial charge in [-0.3, -0.25) is 19.1 Å². The molecule has 8 heterocycles. The minimum absolute atomic E-state index is 0.627. The van der Waals surface area contributed by atoms with Crippen LogP contribution in [-0.4, -0.2) is 48.2 Å². The van der Waals surface area contributed by atoms with Gasteiger partial charge in [0.15, 0.2) is 5.82 Å². The summed E-state index contributed by atoms with van der Waals surface area (Å²) in [7, 11) is 0. The van der Waals surface area contributed by atoms with Gasteiger partial charge in [0.05, 0.1) is 72.2 Å². The van der Waals surface area contributed by atoms with Crippen molar-refractivity contribution >= 4 is 109 Å². The molecule has 0 radical (unpaired) electrons. The lowest BCUT2D eigenvalue weighted by Crippen LogP contribution is -2.04. The first-order valence-electron chi connectivity index (χ1n) is 32.3. The quantitative estimate of drug-likeness (QED) is 0.150. The molecule has 10 nitrogen and oxygen atoms in total. The molecule has 0 bridgehead atoms. The van der Waals surface area contributed by atoms with Crippen molar-refractivity contribution in [3.05, 3.63) is 328 Å². The second kappa shape index (κ2) is 22.3. The van der Waals surface area contributed by atoms with Gasteiger partial charge < -0.3 is 9.13 Å². The highest BCUT2D eigenvalue weighted by molar-refractivity contribution is 6.37. The summed E-state index contributed by atoms with van der Waals surface area (Å²) in [4.78, 5) is 31.3. The van der Waals surface area contributed by atoms with Crippen molar-refractivity contribution in [1.82, 2.24) is 48.2 Å². The van der Waals surface area contributed by atoms with E-state index in [-0.39, 0.29) is 0 Å². The topological polar surface area (TPSA) is 97.1 Å². The zero-order valence-corrected chi connectivity index (χ0v) is 51.6. The molecule has 0 N–H and O–H groups in total. The number of fused-ring (bicyclic) bond motifs is 20. The summed E-state index contributed by atoms with van der Waals surface area (Å²) in [6, 6.07) is 110. The van der Waals surface area contributed by atoms with Crippen LogP contribution < -0.4 is 0 Å². The Morgan fingerprint density at radius 1 is 0.229 bits per heavy atom. The summed E-state index contributed by atoms with van der Waals surface area (Å²) in [6.45, 7) is 0. The second-order valence-electron chi connectivity index (χ2n) is 24.1. The molecule has 0 saturated heterocycles. The van der Waals surface area contributed by atoms with E-state index in [1.165, 1.54) is 10.8 Å². The molecule has 0 spiro atoms. The average molecular weight is 1230 g/mol. The molecule has 0 aliphatic heterocycles. The normalized spacial score (nSPS) is 11.8. The number of hydrogen-bond donors (Lipinski definition) is 0. The Balaban J connectivity index is 0.000000135. The van der Waals surface area contributed by atoms with Gasteiger partial charge in [-0.15, -0.1) is 0 Å². The van der Waals surface area contributed by atoms with Gasteiger partial charge in [0, 0.05) is 106 Å². The van der Waals surface area contributed by atoms with E-state index in [0.717, 1.165) is 155 Å². The summed E-state index contributed by atoms with van der Waals surface area (Å²) >= 11 is 0. The third-order valence-corrected chi connectivity index (χ3v) is 18.7. The third kappa shape index (κ3) is 8.59. The van der Waals surface area contributed by atoms with Crippen molar-refractivity contribution in [1.29, 1.82) is 0 Å². The third-order valence-electron chi connectivity index (χ3n) is 18.7. The van der Waals surface area contributed by atoms with Crippen LogP contribution in [0.2, 0.25) is 0 Å². The molecular formula is C86H54N10. The van der Waals surface area contributed by atoms with E-state index < -0.39 is 0 Å². The molecule has 0 saturated carbocycles. The van der Waals surface area contributed by atoms with E-state index in [1.807, 2.05) is 60.9 Å². The molecule has 0 unspecified atom stereocenters. The highest BCUT2D eigenvalue weighted by Gasteiger charge is 2.29. The summed E-state index contributed by atoms with van der Waals surface area (Å²) < 4.78 is 9.35. The molecule has 20 rings (SSSR count). The molecule has 0 amide bonds. The van der Waals surface area contributed by atoms with Crippen LogP contribution in [0.15, 0.2) is 328 Å². The van der Waals surface area contributed by atoms with Gasteiger partial charge in [-0.05, 0) is 66.7 Å². The molecule has 20 aromatic rings. The van der Waals surface area contributed by atoms with Gasteiger partial charge in [0.2, 0.25) is 5.95 Å². The minimum Gasteiger partial charge on any atom is -0.307 e. The standard InChI is InChI=1S/2C43H27N5/c1-4-15-28(16-5-1)34-27-35(29-17-6-2-7-18-29)46-43(45-34)48-37-25-13-10-21-31(37)38-33-23-14-26-44-40(33)42-39(41(38)48)32-22-11-12-24-36(32)47(42)30-19-8-3-9-20-30;1-4-15-28(16-5-1)34-27-37(46-43(45-34)29-17-6-2-7-18-29)48-36-25-13-10-21-31(36)38-33-23-14-26-44-40(33)42-39(41(38)48)32-22-11-12-24-35(32)47(42)30-19-8-3-9-20-30/h2*1-27H. The van der Waals surface area contributed by atoms with Gasteiger partial charge >= 0.3 is 0 Å². The smallest absolute Gasteiger partial charge is 0.235 e. The van der Waals surface area contributed by atoms with Crippen molar-refractivity contribution in [3.8, 4) is 68.3 Å². The molecule has 0 aliphatic carbocycles. The van der Waals surface area contributed by atoms with E-state index >= 15 is 0 Å². The van der Waals surface area contributed by atoms with E-state index in [0.29, 0.717) is 11.8 Å². The molecular weight excluding hydrogens is 1170 g/mol. The molecule has 448 valence electrons. The predicted octanol–water partition coefficient (Wildman–Crippen LogP) is 21.1. The Morgan fingerprint density at radius 2 is 0.562 bits per heavy atom. The maximum Gasteiger partial charge on any atom is 0.235 e. The van der Waals surface area contributed by atoms with Crippen LogP contribution in [0.25, 0.3) is 177 Å². The van der Waals surface area contributed by atoms with E-state index in [2.05, 4.69) is 285 Å². The fraction of sp³-hybridized carbons (Fsp3) is 0. The van der Waals surface area contributed by atoms with Crippen LogP contribution in [0, 0.1) is 0 Å². The molecule has 10 heteroatoms. The predicted molar refractivity (Wildman–Crippen MR) is 394 cm³/mol. The van der Waals surface area contributed by atoms with Gasteiger partial charge in [-0.1, -0.05) is 243 Å². The number of nitrogens with zero attached hydrogens (tertiary/aromatic N) is 10. The van der Waals surface area contributed by atoms with Crippen molar-refractivity contribution in [2.75, 3.05) is 0 Å².